The van der Waals surface area contributed by atoms with Gasteiger partial charge in [-0.05, 0) is 42.0 Å². The molecule has 0 unspecified atom stereocenters. The van der Waals surface area contributed by atoms with Gasteiger partial charge in [-0.2, -0.15) is 0 Å². The van der Waals surface area contributed by atoms with E-state index in [2.05, 4.69) is 15.6 Å². The molecule has 2 rings (SSSR count). The quantitative estimate of drug-likeness (QED) is 0.728. The molecule has 0 aliphatic carbocycles. The Bertz CT molecular complexity index is 667. The van der Waals surface area contributed by atoms with Crippen LogP contribution < -0.4 is 10.6 Å². The van der Waals surface area contributed by atoms with Crippen molar-refractivity contribution in [2.45, 2.75) is 12.5 Å². The summed E-state index contributed by atoms with van der Waals surface area (Å²) in [5.74, 6) is -0.927. The van der Waals surface area contributed by atoms with Crippen LogP contribution in [0.2, 0.25) is 5.02 Å². The van der Waals surface area contributed by atoms with Gasteiger partial charge >= 0.3 is 5.97 Å². The van der Waals surface area contributed by atoms with Gasteiger partial charge in [0.2, 0.25) is 0 Å². The lowest BCUT2D eigenvalue weighted by atomic mass is 10.0. The number of hydrogen-bond acceptors (Lipinski definition) is 3. The summed E-state index contributed by atoms with van der Waals surface area (Å²) in [4.78, 5) is 15.0. The Hall–Kier alpha value is -2.18. The molecule has 1 aromatic heterocycles. The second kappa shape index (κ2) is 7.72. The molecule has 0 saturated heterocycles. The molecule has 1 aromatic carbocycles. The van der Waals surface area contributed by atoms with Gasteiger partial charge in [0.15, 0.2) is 5.11 Å². The van der Waals surface area contributed by atoms with Gasteiger partial charge in [-0.1, -0.05) is 23.7 Å². The SMILES string of the molecule is O=C(O)C[C@H](NC(=S)Nc1ccncc1)c1cccc(Cl)c1. The normalized spacial score (nSPS) is 11.5. The van der Waals surface area contributed by atoms with E-state index in [1.165, 1.54) is 0 Å². The second-order valence-electron chi connectivity index (χ2n) is 4.54. The Morgan fingerprint density at radius 1 is 1.32 bits per heavy atom. The van der Waals surface area contributed by atoms with E-state index < -0.39 is 12.0 Å². The smallest absolute Gasteiger partial charge is 0.305 e. The largest absolute Gasteiger partial charge is 0.481 e. The number of anilines is 1. The second-order valence-corrected chi connectivity index (χ2v) is 5.38. The first-order valence-electron chi connectivity index (χ1n) is 6.49. The van der Waals surface area contributed by atoms with Crippen LogP contribution in [0.3, 0.4) is 0 Å². The summed E-state index contributed by atoms with van der Waals surface area (Å²) in [5, 5.41) is 15.9. The first-order valence-corrected chi connectivity index (χ1v) is 7.28. The Kier molecular flexibility index (Phi) is 5.68. The predicted molar refractivity (Wildman–Crippen MR) is 90.0 cm³/mol. The van der Waals surface area contributed by atoms with Gasteiger partial charge in [0, 0.05) is 23.1 Å². The fraction of sp³-hybridized carbons (Fsp3) is 0.133. The summed E-state index contributed by atoms with van der Waals surface area (Å²) in [5.41, 5.74) is 1.53. The average molecular weight is 336 g/mol. The van der Waals surface area contributed by atoms with Crippen molar-refractivity contribution < 1.29 is 9.90 Å². The van der Waals surface area contributed by atoms with E-state index in [1.54, 1.807) is 42.7 Å². The number of carboxylic acid groups (broad SMARTS) is 1. The molecule has 114 valence electrons. The molecule has 0 aliphatic rings. The first-order chi connectivity index (χ1) is 10.5. The topological polar surface area (TPSA) is 74.2 Å². The summed E-state index contributed by atoms with van der Waals surface area (Å²) in [6.07, 6.45) is 3.16. The Morgan fingerprint density at radius 2 is 2.05 bits per heavy atom. The van der Waals surface area contributed by atoms with Crippen molar-refractivity contribution in [2.24, 2.45) is 0 Å². The Balaban J connectivity index is 2.09. The number of thiocarbonyl (C=S) groups is 1. The minimum absolute atomic E-state index is 0.113. The number of benzene rings is 1. The maximum atomic E-state index is 11.1. The van der Waals surface area contributed by atoms with Gasteiger partial charge in [-0.25, -0.2) is 0 Å². The molecule has 5 nitrogen and oxygen atoms in total. The highest BCUT2D eigenvalue weighted by atomic mass is 35.5. The third-order valence-corrected chi connectivity index (χ3v) is 3.33. The van der Waals surface area contributed by atoms with Crippen molar-refractivity contribution in [1.29, 1.82) is 0 Å². The number of rotatable bonds is 5. The highest BCUT2D eigenvalue weighted by Gasteiger charge is 2.17. The first kappa shape index (κ1) is 16.2. The number of aliphatic carboxylic acids is 1. The van der Waals surface area contributed by atoms with Crippen LogP contribution >= 0.6 is 23.8 Å². The molecule has 0 saturated carbocycles. The minimum atomic E-state index is -0.927. The van der Waals surface area contributed by atoms with Crippen LogP contribution in [0.4, 0.5) is 5.69 Å². The zero-order chi connectivity index (χ0) is 15.9. The van der Waals surface area contributed by atoms with Crippen LogP contribution in [0.5, 0.6) is 0 Å². The molecule has 1 heterocycles. The lowest BCUT2D eigenvalue weighted by Crippen LogP contribution is -2.33. The van der Waals surface area contributed by atoms with E-state index in [0.29, 0.717) is 10.1 Å². The maximum Gasteiger partial charge on any atom is 0.305 e. The molecular weight excluding hydrogens is 322 g/mol. The summed E-state index contributed by atoms with van der Waals surface area (Å²) in [6, 6.07) is 10.1. The molecule has 0 radical (unpaired) electrons. The van der Waals surface area contributed by atoms with Gasteiger partial charge in [0.25, 0.3) is 0 Å². The number of carbonyl (C=O) groups is 1. The summed E-state index contributed by atoms with van der Waals surface area (Å²) in [7, 11) is 0. The molecule has 3 N–H and O–H groups in total. The van der Waals surface area contributed by atoms with Gasteiger partial charge in [0.05, 0.1) is 12.5 Å². The molecule has 0 spiro atoms. The van der Waals surface area contributed by atoms with Gasteiger partial charge in [-0.15, -0.1) is 0 Å². The van der Waals surface area contributed by atoms with Crippen LogP contribution in [0, 0.1) is 0 Å². The van der Waals surface area contributed by atoms with E-state index in [9.17, 15) is 4.79 Å². The number of nitrogens with zero attached hydrogens (tertiary/aromatic N) is 1. The van der Waals surface area contributed by atoms with Gasteiger partial charge in [0.1, 0.15) is 0 Å². The zero-order valence-electron chi connectivity index (χ0n) is 11.5. The molecule has 0 aliphatic heterocycles. The average Bonchev–Trinajstić information content (AvgIpc) is 2.47. The molecule has 0 amide bonds. The number of halogens is 1. The van der Waals surface area contributed by atoms with Crippen LogP contribution in [-0.2, 0) is 4.79 Å². The van der Waals surface area contributed by atoms with E-state index in [1.807, 2.05) is 6.07 Å². The fourth-order valence-corrected chi connectivity index (χ4v) is 2.37. The van der Waals surface area contributed by atoms with Crippen molar-refractivity contribution in [2.75, 3.05) is 5.32 Å². The molecule has 22 heavy (non-hydrogen) atoms. The zero-order valence-corrected chi connectivity index (χ0v) is 13.1. The molecule has 0 fully saturated rings. The molecule has 7 heteroatoms. The van der Waals surface area contributed by atoms with Crippen molar-refractivity contribution in [3.63, 3.8) is 0 Å². The molecule has 2 aromatic rings. The van der Waals surface area contributed by atoms with Crippen molar-refractivity contribution in [1.82, 2.24) is 10.3 Å². The number of nitrogens with one attached hydrogen (secondary N) is 2. The fourth-order valence-electron chi connectivity index (χ4n) is 1.91. The number of pyridine rings is 1. The lowest BCUT2D eigenvalue weighted by molar-refractivity contribution is -0.137. The highest BCUT2D eigenvalue weighted by molar-refractivity contribution is 7.80. The van der Waals surface area contributed by atoms with Crippen molar-refractivity contribution >= 4 is 40.6 Å². The highest BCUT2D eigenvalue weighted by Crippen LogP contribution is 2.21. The lowest BCUT2D eigenvalue weighted by Gasteiger charge is -2.20. The number of carboxylic acids is 1. The third kappa shape index (κ3) is 4.98. The number of hydrogen-bond donors (Lipinski definition) is 3. The van der Waals surface area contributed by atoms with Crippen LogP contribution in [0.25, 0.3) is 0 Å². The van der Waals surface area contributed by atoms with E-state index in [4.69, 9.17) is 28.9 Å². The maximum absolute atomic E-state index is 11.1. The standard InChI is InChI=1S/C15H14ClN3O2S/c16-11-3-1-2-10(8-11)13(9-14(20)21)19-15(22)18-12-4-6-17-7-5-12/h1-8,13H,9H2,(H,20,21)(H2,17,18,19,22)/t13-/m0/s1. The van der Waals surface area contributed by atoms with E-state index >= 15 is 0 Å². The van der Waals surface area contributed by atoms with Crippen molar-refractivity contribution in [3.05, 3.63) is 59.4 Å². The van der Waals surface area contributed by atoms with E-state index in [0.717, 1.165) is 11.3 Å². The predicted octanol–water partition coefficient (Wildman–Crippen LogP) is 3.24. The monoisotopic (exact) mass is 335 g/mol. The van der Waals surface area contributed by atoms with E-state index in [-0.39, 0.29) is 6.42 Å². The summed E-state index contributed by atoms with van der Waals surface area (Å²) in [6.45, 7) is 0. The molecule has 1 atom stereocenters. The summed E-state index contributed by atoms with van der Waals surface area (Å²) >= 11 is 11.2. The molecule has 0 bridgehead atoms. The Morgan fingerprint density at radius 3 is 2.68 bits per heavy atom. The third-order valence-electron chi connectivity index (χ3n) is 2.87. The van der Waals surface area contributed by atoms with Crippen LogP contribution in [-0.4, -0.2) is 21.2 Å². The van der Waals surface area contributed by atoms with Crippen LogP contribution in [0.15, 0.2) is 48.8 Å². The summed E-state index contributed by atoms with van der Waals surface area (Å²) < 4.78 is 0. The van der Waals surface area contributed by atoms with Crippen LogP contribution in [0.1, 0.15) is 18.0 Å². The minimum Gasteiger partial charge on any atom is -0.481 e. The number of aromatic nitrogens is 1. The van der Waals surface area contributed by atoms with Gasteiger partial charge < -0.3 is 15.7 Å². The Labute approximate surface area is 138 Å². The van der Waals surface area contributed by atoms with Gasteiger partial charge in [-0.3, -0.25) is 9.78 Å². The van der Waals surface area contributed by atoms with Crippen molar-refractivity contribution in [3.8, 4) is 0 Å². The molecular formula is C15H14ClN3O2S.